The molecule has 1 aliphatic rings. The largest absolute Gasteiger partial charge is 0.481 e. The monoisotopic (exact) mass is 476 g/mol. The van der Waals surface area contributed by atoms with Gasteiger partial charge in [-0.15, -0.1) is 11.3 Å². The summed E-state index contributed by atoms with van der Waals surface area (Å²) in [5, 5.41) is 10.3. The lowest BCUT2D eigenvalue weighted by Crippen LogP contribution is -2.04. The lowest BCUT2D eigenvalue weighted by Gasteiger charge is -2.09. The number of rotatable bonds is 4. The van der Waals surface area contributed by atoms with Crippen molar-refractivity contribution in [3.05, 3.63) is 52.4 Å². The molecule has 0 saturated carbocycles. The predicted molar refractivity (Wildman–Crippen MR) is 113 cm³/mol. The number of carboxylic acid groups (broad SMARTS) is 1. The molecule has 28 heavy (non-hydrogen) atoms. The summed E-state index contributed by atoms with van der Waals surface area (Å²) < 4.78 is 18.9. The smallest absolute Gasteiger partial charge is 0.304 e. The molecule has 1 N–H and O–H groups in total. The highest BCUT2D eigenvalue weighted by Crippen LogP contribution is 2.49. The molecule has 0 spiro atoms. The van der Waals surface area contributed by atoms with Gasteiger partial charge in [-0.3, -0.25) is 4.79 Å². The van der Waals surface area contributed by atoms with Crippen molar-refractivity contribution < 1.29 is 14.3 Å². The third-order valence-electron chi connectivity index (χ3n) is 5.05. The van der Waals surface area contributed by atoms with E-state index in [1.54, 1.807) is 23.1 Å². The minimum absolute atomic E-state index is 0.0732. The summed E-state index contributed by atoms with van der Waals surface area (Å²) in [4.78, 5) is 17.1. The number of para-hydroxylation sites is 1. The van der Waals surface area contributed by atoms with Gasteiger partial charge in [-0.1, -0.05) is 23.9 Å². The fourth-order valence-electron chi connectivity index (χ4n) is 3.94. The van der Waals surface area contributed by atoms with E-state index in [9.17, 15) is 14.3 Å². The van der Waals surface area contributed by atoms with Crippen molar-refractivity contribution in [1.82, 2.24) is 9.55 Å². The van der Waals surface area contributed by atoms with Crippen LogP contribution in [0.4, 0.5) is 4.39 Å². The number of halogens is 2. The SMILES string of the molecule is O=C(O)CC1CCn2c1c(Sc1nc3ccccc3s1)c1c(Br)cc(F)cc12. The second-order valence-corrected chi connectivity index (χ2v) is 9.92. The van der Waals surface area contributed by atoms with Crippen LogP contribution in [-0.2, 0) is 11.3 Å². The molecular weight excluding hydrogens is 463 g/mol. The lowest BCUT2D eigenvalue weighted by molar-refractivity contribution is -0.137. The molecule has 5 rings (SSSR count). The molecule has 2 aromatic carbocycles. The summed E-state index contributed by atoms with van der Waals surface area (Å²) in [6.45, 7) is 0.695. The summed E-state index contributed by atoms with van der Waals surface area (Å²) in [6.07, 6.45) is 0.822. The number of benzene rings is 2. The molecule has 0 bridgehead atoms. The lowest BCUT2D eigenvalue weighted by atomic mass is 10.0. The number of thiazole rings is 1. The molecule has 0 radical (unpaired) electrons. The van der Waals surface area contributed by atoms with Crippen LogP contribution in [0.15, 0.2) is 50.1 Å². The Hall–Kier alpha value is -1.90. The summed E-state index contributed by atoms with van der Waals surface area (Å²) in [6, 6.07) is 11.0. The molecule has 0 amide bonds. The quantitative estimate of drug-likeness (QED) is 0.377. The maximum Gasteiger partial charge on any atom is 0.304 e. The normalized spacial score (nSPS) is 16.1. The highest BCUT2D eigenvalue weighted by atomic mass is 79.9. The molecule has 4 nitrogen and oxygen atoms in total. The van der Waals surface area contributed by atoms with Gasteiger partial charge in [0, 0.05) is 32.9 Å². The first-order valence-electron chi connectivity index (χ1n) is 8.77. The first-order valence-corrected chi connectivity index (χ1v) is 11.2. The number of aryl methyl sites for hydroxylation is 1. The molecule has 1 aliphatic heterocycles. The zero-order chi connectivity index (χ0) is 19.4. The van der Waals surface area contributed by atoms with Crippen molar-refractivity contribution >= 4 is 66.1 Å². The van der Waals surface area contributed by atoms with E-state index >= 15 is 0 Å². The highest BCUT2D eigenvalue weighted by Gasteiger charge is 2.32. The van der Waals surface area contributed by atoms with Crippen LogP contribution in [0.2, 0.25) is 0 Å². The van der Waals surface area contributed by atoms with Crippen LogP contribution >= 0.6 is 39.0 Å². The molecule has 1 atom stereocenters. The minimum atomic E-state index is -0.815. The number of carbonyl (C=O) groups is 1. The van der Waals surface area contributed by atoms with Gasteiger partial charge in [-0.05, 0) is 46.6 Å². The van der Waals surface area contributed by atoms with Crippen molar-refractivity contribution in [2.45, 2.75) is 34.5 Å². The van der Waals surface area contributed by atoms with Crippen molar-refractivity contribution in [1.29, 1.82) is 0 Å². The Morgan fingerprint density at radius 2 is 2.21 bits per heavy atom. The van der Waals surface area contributed by atoms with E-state index in [2.05, 4.69) is 20.5 Å². The molecule has 0 saturated heterocycles. The number of hydrogen-bond donors (Lipinski definition) is 1. The Morgan fingerprint density at radius 1 is 1.39 bits per heavy atom. The molecule has 8 heteroatoms. The maximum absolute atomic E-state index is 14.1. The van der Waals surface area contributed by atoms with Gasteiger partial charge >= 0.3 is 5.97 Å². The highest BCUT2D eigenvalue weighted by molar-refractivity contribution is 9.10. The fraction of sp³-hybridized carbons (Fsp3) is 0.200. The summed E-state index contributed by atoms with van der Waals surface area (Å²) in [5.74, 6) is -1.21. The maximum atomic E-state index is 14.1. The molecule has 142 valence electrons. The van der Waals surface area contributed by atoms with Crippen LogP contribution in [0, 0.1) is 5.82 Å². The van der Waals surface area contributed by atoms with E-state index in [0.717, 1.165) is 42.5 Å². The zero-order valence-electron chi connectivity index (χ0n) is 14.5. The van der Waals surface area contributed by atoms with E-state index in [4.69, 9.17) is 4.98 Å². The van der Waals surface area contributed by atoms with Gasteiger partial charge in [0.05, 0.1) is 22.2 Å². The third kappa shape index (κ3) is 2.94. The van der Waals surface area contributed by atoms with Crippen molar-refractivity contribution in [2.75, 3.05) is 0 Å². The van der Waals surface area contributed by atoms with Crippen molar-refractivity contribution in [3.8, 4) is 0 Å². The van der Waals surface area contributed by atoms with E-state index in [1.807, 2.05) is 24.3 Å². The van der Waals surface area contributed by atoms with Crippen molar-refractivity contribution in [3.63, 3.8) is 0 Å². The Morgan fingerprint density at radius 3 is 3.00 bits per heavy atom. The van der Waals surface area contributed by atoms with Crippen LogP contribution in [0.5, 0.6) is 0 Å². The minimum Gasteiger partial charge on any atom is -0.481 e. The predicted octanol–water partition coefficient (Wildman–Crippen LogP) is 6.27. The van der Waals surface area contributed by atoms with Crippen LogP contribution < -0.4 is 0 Å². The number of aliphatic carboxylic acids is 1. The first-order chi connectivity index (χ1) is 13.5. The number of aromatic nitrogens is 2. The van der Waals surface area contributed by atoms with Gasteiger partial charge in [0.2, 0.25) is 0 Å². The van der Waals surface area contributed by atoms with Gasteiger partial charge < -0.3 is 9.67 Å². The van der Waals surface area contributed by atoms with Gasteiger partial charge in [-0.2, -0.15) is 0 Å². The van der Waals surface area contributed by atoms with E-state index in [1.165, 1.54) is 12.1 Å². The van der Waals surface area contributed by atoms with E-state index < -0.39 is 5.97 Å². The standard InChI is InChI=1S/C20H14BrFN2O2S2/c21-12-8-11(22)9-14-17(12)19(18-10(7-16(25)26)5-6-24(14)18)28-20-23-13-3-1-2-4-15(13)27-20/h1-4,8-10H,5-7H2,(H,25,26). The Labute approximate surface area is 176 Å². The van der Waals surface area contributed by atoms with E-state index in [-0.39, 0.29) is 18.2 Å². The molecule has 0 aliphatic carbocycles. The Balaban J connectivity index is 1.71. The summed E-state index contributed by atoms with van der Waals surface area (Å²) in [5.41, 5.74) is 2.73. The van der Waals surface area contributed by atoms with Gasteiger partial charge in [0.25, 0.3) is 0 Å². The van der Waals surface area contributed by atoms with Crippen LogP contribution in [-0.4, -0.2) is 20.6 Å². The molecule has 2 aromatic heterocycles. The van der Waals surface area contributed by atoms with Gasteiger partial charge in [-0.25, -0.2) is 9.37 Å². The fourth-order valence-corrected chi connectivity index (χ4v) is 7.09. The van der Waals surface area contributed by atoms with Gasteiger partial charge in [0.1, 0.15) is 5.82 Å². The number of hydrogen-bond acceptors (Lipinski definition) is 4. The van der Waals surface area contributed by atoms with Crippen molar-refractivity contribution in [2.24, 2.45) is 0 Å². The molecule has 3 heterocycles. The average molecular weight is 477 g/mol. The number of nitrogens with zero attached hydrogens (tertiary/aromatic N) is 2. The topological polar surface area (TPSA) is 55.1 Å². The summed E-state index contributed by atoms with van der Waals surface area (Å²) in [7, 11) is 0. The second kappa shape index (κ2) is 6.86. The Bertz CT molecular complexity index is 1220. The third-order valence-corrected chi connectivity index (χ3v) is 7.89. The molecule has 1 unspecified atom stereocenters. The van der Waals surface area contributed by atoms with Crippen LogP contribution in [0.25, 0.3) is 21.1 Å². The first kappa shape index (κ1) is 18.1. The number of carboxylic acids is 1. The van der Waals surface area contributed by atoms with E-state index in [0.29, 0.717) is 11.0 Å². The van der Waals surface area contributed by atoms with Crippen LogP contribution in [0.3, 0.4) is 0 Å². The second-order valence-electron chi connectivity index (χ2n) is 6.78. The molecular formula is C20H14BrFN2O2S2. The van der Waals surface area contributed by atoms with Gasteiger partial charge in [0.15, 0.2) is 4.34 Å². The molecule has 4 aromatic rings. The number of fused-ring (bicyclic) bond motifs is 4. The zero-order valence-corrected chi connectivity index (χ0v) is 17.7. The average Bonchev–Trinajstić information content (AvgIpc) is 3.29. The van der Waals surface area contributed by atoms with Crippen LogP contribution in [0.1, 0.15) is 24.5 Å². The summed E-state index contributed by atoms with van der Waals surface area (Å²) >= 11 is 6.68. The Kier molecular flexibility index (Phi) is 4.45. The molecule has 0 fully saturated rings.